The second kappa shape index (κ2) is 7.40. The Bertz CT molecular complexity index is 1210. The highest BCUT2D eigenvalue weighted by atomic mass is 16.5. The molecule has 1 aliphatic heterocycles. The molecule has 1 heterocycles. The summed E-state index contributed by atoms with van der Waals surface area (Å²) in [5.41, 5.74) is 3.91. The summed E-state index contributed by atoms with van der Waals surface area (Å²) in [5.74, 6) is 0.913. The molecule has 0 N–H and O–H groups in total. The molecule has 0 fully saturated rings. The summed E-state index contributed by atoms with van der Waals surface area (Å²) in [6.07, 6.45) is 2.18. The second-order valence-electron chi connectivity index (χ2n) is 7.26. The van der Waals surface area contributed by atoms with E-state index < -0.39 is 0 Å². The van der Waals surface area contributed by atoms with E-state index in [2.05, 4.69) is 36.4 Å². The molecule has 0 aliphatic carbocycles. The molecule has 1 atom stereocenters. The number of carbonyl (C=O) groups is 1. The van der Waals surface area contributed by atoms with E-state index in [1.807, 2.05) is 66.7 Å². The van der Waals surface area contributed by atoms with Crippen LogP contribution in [-0.2, 0) is 0 Å². The maximum absolute atomic E-state index is 12.9. The molecule has 0 radical (unpaired) electrons. The molecular formula is C27H20O2. The van der Waals surface area contributed by atoms with Gasteiger partial charge in [-0.15, -0.1) is 0 Å². The zero-order valence-electron chi connectivity index (χ0n) is 15.9. The van der Waals surface area contributed by atoms with Gasteiger partial charge in [0.25, 0.3) is 0 Å². The zero-order chi connectivity index (χ0) is 19.6. The summed E-state index contributed by atoms with van der Waals surface area (Å²) in [4.78, 5) is 12.9. The normalized spacial score (nSPS) is 15.3. The molecule has 5 rings (SSSR count). The van der Waals surface area contributed by atoms with Crippen molar-refractivity contribution in [3.63, 3.8) is 0 Å². The molecule has 2 heteroatoms. The first-order valence-corrected chi connectivity index (χ1v) is 9.83. The van der Waals surface area contributed by atoms with Gasteiger partial charge in [0.05, 0.1) is 6.42 Å². The standard InChI is InChI=1S/C27H20O2/c28-25(21-12-5-2-6-13-21)18-27-23(19-9-3-1-4-10-19)17-24-22-14-8-7-11-20(22)15-16-26(24)29-27/h1-17,27H,18H2. The Labute approximate surface area is 170 Å². The number of benzene rings is 4. The summed E-state index contributed by atoms with van der Waals surface area (Å²) < 4.78 is 6.41. The lowest BCUT2D eigenvalue weighted by atomic mass is 9.89. The number of carbonyl (C=O) groups excluding carboxylic acids is 1. The first-order chi connectivity index (χ1) is 14.3. The van der Waals surface area contributed by atoms with Crippen molar-refractivity contribution < 1.29 is 9.53 Å². The Morgan fingerprint density at radius 2 is 1.45 bits per heavy atom. The van der Waals surface area contributed by atoms with Crippen molar-refractivity contribution in [2.24, 2.45) is 0 Å². The van der Waals surface area contributed by atoms with Crippen molar-refractivity contribution in [3.05, 3.63) is 114 Å². The fourth-order valence-electron chi connectivity index (χ4n) is 3.95. The monoisotopic (exact) mass is 376 g/mol. The van der Waals surface area contributed by atoms with Gasteiger partial charge in [-0.25, -0.2) is 0 Å². The lowest BCUT2D eigenvalue weighted by Crippen LogP contribution is -2.25. The first-order valence-electron chi connectivity index (χ1n) is 9.83. The van der Waals surface area contributed by atoms with E-state index in [-0.39, 0.29) is 11.9 Å². The van der Waals surface area contributed by atoms with Crippen LogP contribution in [0.4, 0.5) is 0 Å². The molecule has 1 aliphatic rings. The molecule has 4 aromatic rings. The Kier molecular flexibility index (Phi) is 4.45. The molecule has 0 spiro atoms. The summed E-state index contributed by atoms with van der Waals surface area (Å²) in [5, 5.41) is 2.34. The predicted octanol–water partition coefficient (Wildman–Crippen LogP) is 6.41. The van der Waals surface area contributed by atoms with Crippen LogP contribution in [0.3, 0.4) is 0 Å². The van der Waals surface area contributed by atoms with Crippen LogP contribution in [0.2, 0.25) is 0 Å². The number of hydrogen-bond acceptors (Lipinski definition) is 2. The van der Waals surface area contributed by atoms with Gasteiger partial charge in [-0.05, 0) is 28.5 Å². The van der Waals surface area contributed by atoms with Gasteiger partial charge in [-0.2, -0.15) is 0 Å². The van der Waals surface area contributed by atoms with Crippen molar-refractivity contribution >= 4 is 28.2 Å². The third kappa shape index (κ3) is 3.34. The predicted molar refractivity (Wildman–Crippen MR) is 118 cm³/mol. The summed E-state index contributed by atoms with van der Waals surface area (Å²) in [6.45, 7) is 0. The zero-order valence-corrected chi connectivity index (χ0v) is 15.9. The molecule has 140 valence electrons. The number of fused-ring (bicyclic) bond motifs is 3. The smallest absolute Gasteiger partial charge is 0.166 e. The van der Waals surface area contributed by atoms with Gasteiger partial charge < -0.3 is 4.74 Å². The van der Waals surface area contributed by atoms with Crippen molar-refractivity contribution in [1.82, 2.24) is 0 Å². The Morgan fingerprint density at radius 1 is 0.759 bits per heavy atom. The van der Waals surface area contributed by atoms with Crippen molar-refractivity contribution in [1.29, 1.82) is 0 Å². The van der Waals surface area contributed by atoms with Crippen LogP contribution in [0.15, 0.2) is 97.1 Å². The molecule has 0 aromatic heterocycles. The number of hydrogen-bond donors (Lipinski definition) is 0. The van der Waals surface area contributed by atoms with Crippen LogP contribution in [0.5, 0.6) is 5.75 Å². The molecule has 1 unspecified atom stereocenters. The molecule has 0 saturated carbocycles. The van der Waals surface area contributed by atoms with E-state index in [0.717, 1.165) is 27.8 Å². The van der Waals surface area contributed by atoms with Gasteiger partial charge in [-0.3, -0.25) is 4.79 Å². The first kappa shape index (κ1) is 17.4. The molecule has 2 nitrogen and oxygen atoms in total. The third-order valence-electron chi connectivity index (χ3n) is 5.42. The molecular weight excluding hydrogens is 356 g/mol. The maximum atomic E-state index is 12.9. The summed E-state index contributed by atoms with van der Waals surface area (Å²) in [7, 11) is 0. The van der Waals surface area contributed by atoms with Crippen LogP contribution in [0.1, 0.15) is 27.9 Å². The number of rotatable bonds is 4. The van der Waals surface area contributed by atoms with Gasteiger partial charge in [0.1, 0.15) is 11.9 Å². The summed E-state index contributed by atoms with van der Waals surface area (Å²) >= 11 is 0. The SMILES string of the molecule is O=C(CC1Oc2ccc3ccccc3c2C=C1c1ccccc1)c1ccccc1. The van der Waals surface area contributed by atoms with Gasteiger partial charge >= 0.3 is 0 Å². The van der Waals surface area contributed by atoms with E-state index in [4.69, 9.17) is 4.74 Å². The van der Waals surface area contributed by atoms with E-state index in [1.54, 1.807) is 0 Å². The van der Waals surface area contributed by atoms with E-state index in [0.29, 0.717) is 12.0 Å². The fourth-order valence-corrected chi connectivity index (χ4v) is 3.95. The molecule has 0 bridgehead atoms. The van der Waals surface area contributed by atoms with Crippen molar-refractivity contribution in [2.75, 3.05) is 0 Å². The minimum atomic E-state index is -0.321. The van der Waals surface area contributed by atoms with E-state index >= 15 is 0 Å². The van der Waals surface area contributed by atoms with Crippen LogP contribution in [-0.4, -0.2) is 11.9 Å². The summed E-state index contributed by atoms with van der Waals surface area (Å²) in [6, 6.07) is 32.0. The largest absolute Gasteiger partial charge is 0.485 e. The number of ketones is 1. The lowest BCUT2D eigenvalue weighted by Gasteiger charge is -2.28. The Hall–Kier alpha value is -3.65. The maximum Gasteiger partial charge on any atom is 0.166 e. The Balaban J connectivity index is 1.60. The highest BCUT2D eigenvalue weighted by Gasteiger charge is 2.27. The van der Waals surface area contributed by atoms with Crippen LogP contribution in [0.25, 0.3) is 22.4 Å². The van der Waals surface area contributed by atoms with Crippen LogP contribution < -0.4 is 4.74 Å². The topological polar surface area (TPSA) is 26.3 Å². The molecule has 0 saturated heterocycles. The van der Waals surface area contributed by atoms with E-state index in [1.165, 1.54) is 5.39 Å². The average molecular weight is 376 g/mol. The minimum absolute atomic E-state index is 0.0849. The second-order valence-corrected chi connectivity index (χ2v) is 7.26. The van der Waals surface area contributed by atoms with E-state index in [9.17, 15) is 4.79 Å². The molecule has 4 aromatic carbocycles. The fraction of sp³-hybridized carbons (Fsp3) is 0.0741. The quantitative estimate of drug-likeness (QED) is 0.384. The lowest BCUT2D eigenvalue weighted by molar-refractivity contribution is 0.0939. The number of ether oxygens (including phenoxy) is 1. The molecule has 0 amide bonds. The average Bonchev–Trinajstić information content (AvgIpc) is 2.79. The highest BCUT2D eigenvalue weighted by Crippen LogP contribution is 2.39. The van der Waals surface area contributed by atoms with Gasteiger partial charge in [0.15, 0.2) is 5.78 Å². The third-order valence-corrected chi connectivity index (χ3v) is 5.42. The van der Waals surface area contributed by atoms with Crippen molar-refractivity contribution in [2.45, 2.75) is 12.5 Å². The Morgan fingerprint density at radius 3 is 2.24 bits per heavy atom. The van der Waals surface area contributed by atoms with Crippen LogP contribution in [0, 0.1) is 0 Å². The van der Waals surface area contributed by atoms with Gasteiger partial charge in [0, 0.05) is 16.7 Å². The van der Waals surface area contributed by atoms with Gasteiger partial charge in [-0.1, -0.05) is 91.0 Å². The van der Waals surface area contributed by atoms with Crippen molar-refractivity contribution in [3.8, 4) is 5.75 Å². The number of Topliss-reactive ketones (excluding diaryl/α,β-unsaturated/α-hetero) is 1. The molecule has 29 heavy (non-hydrogen) atoms. The van der Waals surface area contributed by atoms with Crippen LogP contribution >= 0.6 is 0 Å². The minimum Gasteiger partial charge on any atom is -0.485 e. The van der Waals surface area contributed by atoms with Gasteiger partial charge in [0.2, 0.25) is 0 Å². The highest BCUT2D eigenvalue weighted by molar-refractivity contribution is 6.02.